The van der Waals surface area contributed by atoms with Crippen LogP contribution >= 0.6 is 0 Å². The van der Waals surface area contributed by atoms with Crippen LogP contribution in [0.3, 0.4) is 0 Å². The maximum atomic E-state index is 11.3. The van der Waals surface area contributed by atoms with Crippen molar-refractivity contribution in [3.05, 3.63) is 35.4 Å². The molecule has 0 aliphatic heterocycles. The Balaban J connectivity index is 2.83. The van der Waals surface area contributed by atoms with Crippen molar-refractivity contribution in [3.8, 4) is 6.07 Å². The molecule has 0 aliphatic rings. The van der Waals surface area contributed by atoms with Crippen molar-refractivity contribution in [3.63, 3.8) is 0 Å². The number of hydrogen-bond acceptors (Lipinski definition) is 2. The van der Waals surface area contributed by atoms with Crippen molar-refractivity contribution >= 4 is 5.78 Å². The first-order valence-electron chi connectivity index (χ1n) is 4.96. The summed E-state index contributed by atoms with van der Waals surface area (Å²) in [7, 11) is 0. The van der Waals surface area contributed by atoms with Gasteiger partial charge in [-0.1, -0.05) is 26.0 Å². The number of Topliss-reactive ketones (excluding diaryl/α,β-unsaturated/α-hetero) is 1. The molecule has 0 aliphatic carbocycles. The van der Waals surface area contributed by atoms with Gasteiger partial charge in [0.15, 0.2) is 0 Å². The Labute approximate surface area is 90.5 Å². The molecule has 0 spiro atoms. The highest BCUT2D eigenvalue weighted by Crippen LogP contribution is 2.22. The molecule has 0 bridgehead atoms. The third kappa shape index (κ3) is 2.92. The van der Waals surface area contributed by atoms with Crippen LogP contribution < -0.4 is 0 Å². The highest BCUT2D eigenvalue weighted by Gasteiger charge is 2.23. The van der Waals surface area contributed by atoms with E-state index in [-0.39, 0.29) is 11.2 Å². The van der Waals surface area contributed by atoms with Gasteiger partial charge in [-0.25, -0.2) is 0 Å². The van der Waals surface area contributed by atoms with Gasteiger partial charge in [0.05, 0.1) is 11.6 Å². The third-order valence-corrected chi connectivity index (χ3v) is 2.68. The lowest BCUT2D eigenvalue weighted by Crippen LogP contribution is -2.23. The molecule has 0 saturated heterocycles. The molecule has 15 heavy (non-hydrogen) atoms. The zero-order chi connectivity index (χ0) is 11.5. The van der Waals surface area contributed by atoms with E-state index < -0.39 is 0 Å². The number of carbonyl (C=O) groups is 1. The molecule has 0 fully saturated rings. The van der Waals surface area contributed by atoms with Crippen LogP contribution in [-0.4, -0.2) is 5.78 Å². The van der Waals surface area contributed by atoms with E-state index >= 15 is 0 Å². The van der Waals surface area contributed by atoms with E-state index in [0.29, 0.717) is 12.0 Å². The van der Waals surface area contributed by atoms with Crippen LogP contribution in [0.4, 0.5) is 0 Å². The number of hydrogen-bond donors (Lipinski definition) is 0. The number of carbonyl (C=O) groups excluding carboxylic acids is 1. The van der Waals surface area contributed by atoms with E-state index in [1.165, 1.54) is 0 Å². The molecular formula is C13H15NO. The van der Waals surface area contributed by atoms with Crippen LogP contribution in [0.2, 0.25) is 0 Å². The monoisotopic (exact) mass is 201 g/mol. The van der Waals surface area contributed by atoms with Gasteiger partial charge in [0, 0.05) is 5.41 Å². The minimum atomic E-state index is -0.325. The number of benzene rings is 1. The molecule has 1 aromatic carbocycles. The Morgan fingerprint density at radius 1 is 1.33 bits per heavy atom. The van der Waals surface area contributed by atoms with E-state index in [2.05, 4.69) is 6.07 Å². The van der Waals surface area contributed by atoms with Crippen LogP contribution in [0.1, 0.15) is 31.9 Å². The molecule has 0 heterocycles. The van der Waals surface area contributed by atoms with Crippen LogP contribution in [-0.2, 0) is 11.2 Å². The van der Waals surface area contributed by atoms with E-state index in [9.17, 15) is 4.79 Å². The Bertz CT molecular complexity index is 396. The lowest BCUT2D eigenvalue weighted by Gasteiger charge is -2.20. The number of nitrogens with zero attached hydrogens (tertiary/aromatic N) is 1. The molecule has 0 amide bonds. The fourth-order valence-electron chi connectivity index (χ4n) is 1.33. The van der Waals surface area contributed by atoms with Crippen molar-refractivity contribution < 1.29 is 4.79 Å². The lowest BCUT2D eigenvalue weighted by atomic mass is 9.82. The summed E-state index contributed by atoms with van der Waals surface area (Å²) in [4.78, 5) is 11.3. The molecule has 1 aromatic rings. The van der Waals surface area contributed by atoms with Crippen LogP contribution in [0.15, 0.2) is 24.3 Å². The zero-order valence-corrected chi connectivity index (χ0v) is 9.37. The molecule has 0 unspecified atom stereocenters. The predicted octanol–water partition coefficient (Wildman–Crippen LogP) is 2.72. The molecular weight excluding hydrogens is 186 g/mol. The average Bonchev–Trinajstić information content (AvgIpc) is 2.18. The van der Waals surface area contributed by atoms with Gasteiger partial charge >= 0.3 is 0 Å². The Morgan fingerprint density at radius 3 is 2.27 bits per heavy atom. The van der Waals surface area contributed by atoms with Gasteiger partial charge in [-0.05, 0) is 31.0 Å². The van der Waals surface area contributed by atoms with Gasteiger partial charge in [0.1, 0.15) is 5.78 Å². The lowest BCUT2D eigenvalue weighted by molar-refractivity contribution is -0.124. The first-order valence-corrected chi connectivity index (χ1v) is 4.96. The Kier molecular flexibility index (Phi) is 3.26. The number of rotatable bonds is 3. The molecule has 0 radical (unpaired) electrons. The van der Waals surface area contributed by atoms with Crippen LogP contribution in [0.25, 0.3) is 0 Å². The van der Waals surface area contributed by atoms with E-state index in [4.69, 9.17) is 5.26 Å². The number of ketones is 1. The minimum Gasteiger partial charge on any atom is -0.299 e. The van der Waals surface area contributed by atoms with Gasteiger partial charge in [-0.15, -0.1) is 0 Å². The average molecular weight is 201 g/mol. The fraction of sp³-hybridized carbons (Fsp3) is 0.385. The van der Waals surface area contributed by atoms with Crippen molar-refractivity contribution in [2.45, 2.75) is 27.2 Å². The van der Waals surface area contributed by atoms with Gasteiger partial charge in [0.25, 0.3) is 0 Å². The normalized spacial score (nSPS) is 10.8. The molecule has 2 heteroatoms. The van der Waals surface area contributed by atoms with Gasteiger partial charge in [-0.2, -0.15) is 5.26 Å². The molecule has 0 saturated carbocycles. The van der Waals surface area contributed by atoms with Crippen molar-refractivity contribution in [1.82, 2.24) is 0 Å². The van der Waals surface area contributed by atoms with Crippen molar-refractivity contribution in [2.24, 2.45) is 5.41 Å². The van der Waals surface area contributed by atoms with Gasteiger partial charge in [0.2, 0.25) is 0 Å². The minimum absolute atomic E-state index is 0.187. The fourth-order valence-corrected chi connectivity index (χ4v) is 1.33. The molecule has 2 nitrogen and oxygen atoms in total. The van der Waals surface area contributed by atoms with Gasteiger partial charge in [-0.3, -0.25) is 4.79 Å². The molecule has 1 rings (SSSR count). The quantitative estimate of drug-likeness (QED) is 0.754. The summed E-state index contributed by atoms with van der Waals surface area (Å²) in [5.41, 5.74) is 1.42. The smallest absolute Gasteiger partial charge is 0.135 e. The van der Waals surface area contributed by atoms with E-state index in [0.717, 1.165) is 5.56 Å². The molecule has 78 valence electrons. The van der Waals surface area contributed by atoms with E-state index in [1.807, 2.05) is 26.0 Å². The standard InChI is InChI=1S/C13H15NO/c1-10(15)13(2,3)8-11-4-6-12(9-14)7-5-11/h4-7H,8H2,1-3H3. The van der Waals surface area contributed by atoms with Crippen LogP contribution in [0, 0.1) is 16.7 Å². The van der Waals surface area contributed by atoms with Crippen molar-refractivity contribution in [1.29, 1.82) is 5.26 Å². The predicted molar refractivity (Wildman–Crippen MR) is 59.3 cm³/mol. The van der Waals surface area contributed by atoms with E-state index in [1.54, 1.807) is 19.1 Å². The van der Waals surface area contributed by atoms with Gasteiger partial charge < -0.3 is 0 Å². The second-order valence-corrected chi connectivity index (χ2v) is 4.43. The summed E-state index contributed by atoms with van der Waals surface area (Å²) in [6.07, 6.45) is 0.716. The largest absolute Gasteiger partial charge is 0.299 e. The summed E-state index contributed by atoms with van der Waals surface area (Å²) in [5, 5.41) is 8.65. The zero-order valence-electron chi connectivity index (χ0n) is 9.37. The second-order valence-electron chi connectivity index (χ2n) is 4.43. The third-order valence-electron chi connectivity index (χ3n) is 2.68. The number of nitriles is 1. The van der Waals surface area contributed by atoms with Crippen molar-refractivity contribution in [2.75, 3.05) is 0 Å². The summed E-state index contributed by atoms with van der Waals surface area (Å²) < 4.78 is 0. The Morgan fingerprint density at radius 2 is 1.87 bits per heavy atom. The molecule has 0 atom stereocenters. The summed E-state index contributed by atoms with van der Waals surface area (Å²) >= 11 is 0. The first-order chi connectivity index (χ1) is 6.95. The maximum absolute atomic E-state index is 11.3. The first kappa shape index (κ1) is 11.5. The molecule has 0 N–H and O–H groups in total. The summed E-state index contributed by atoms with van der Waals surface area (Å²) in [6.45, 7) is 5.49. The summed E-state index contributed by atoms with van der Waals surface area (Å²) in [6, 6.07) is 9.45. The summed E-state index contributed by atoms with van der Waals surface area (Å²) in [5.74, 6) is 0.187. The van der Waals surface area contributed by atoms with Crippen LogP contribution in [0.5, 0.6) is 0 Å². The highest BCUT2D eigenvalue weighted by molar-refractivity contribution is 5.81. The Hall–Kier alpha value is -1.62. The highest BCUT2D eigenvalue weighted by atomic mass is 16.1. The second kappa shape index (κ2) is 4.27. The molecule has 0 aromatic heterocycles. The topological polar surface area (TPSA) is 40.9 Å². The SMILES string of the molecule is CC(=O)C(C)(C)Cc1ccc(C#N)cc1. The maximum Gasteiger partial charge on any atom is 0.135 e.